The van der Waals surface area contributed by atoms with Crippen molar-refractivity contribution in [3.05, 3.63) is 53.6 Å². The van der Waals surface area contributed by atoms with Crippen molar-refractivity contribution in [1.29, 1.82) is 0 Å². The standard InChI is InChI=1S/C21H26N2O5S/c1-15(2)23(4)29(25,26)18-8-6-17(7-9-18)21(24)22(3)14-16-5-10-19-20(13-16)28-12-11-27-19/h5-10,13,15H,11-12,14H2,1-4H3. The van der Waals surface area contributed by atoms with Crippen LogP contribution < -0.4 is 9.47 Å². The SMILES string of the molecule is CC(C)N(C)S(=O)(=O)c1ccc(C(=O)N(C)Cc2ccc3c(c2)OCCO3)cc1. The third-order valence-electron chi connectivity index (χ3n) is 4.88. The number of ether oxygens (including phenoxy) is 2. The van der Waals surface area contributed by atoms with Crippen molar-refractivity contribution in [3.8, 4) is 11.5 Å². The molecule has 7 nitrogen and oxygen atoms in total. The van der Waals surface area contributed by atoms with Gasteiger partial charge in [0.1, 0.15) is 13.2 Å². The fourth-order valence-electron chi connectivity index (χ4n) is 2.97. The van der Waals surface area contributed by atoms with Crippen LogP contribution in [0.25, 0.3) is 0 Å². The number of benzene rings is 2. The number of hydrogen-bond acceptors (Lipinski definition) is 5. The zero-order chi connectivity index (χ0) is 21.2. The normalized spacial score (nSPS) is 13.6. The van der Waals surface area contributed by atoms with E-state index in [9.17, 15) is 13.2 Å². The van der Waals surface area contributed by atoms with Gasteiger partial charge in [0.05, 0.1) is 4.90 Å². The molecule has 0 bridgehead atoms. The van der Waals surface area contributed by atoms with Crippen molar-refractivity contribution in [2.75, 3.05) is 27.3 Å². The van der Waals surface area contributed by atoms with Gasteiger partial charge in [0.15, 0.2) is 11.5 Å². The van der Waals surface area contributed by atoms with Crippen LogP contribution in [0.3, 0.4) is 0 Å². The molecule has 1 aliphatic rings. The predicted octanol–water partition coefficient (Wildman–Crippen LogP) is 2.76. The molecule has 1 amide bonds. The Balaban J connectivity index is 1.71. The van der Waals surface area contributed by atoms with Crippen molar-refractivity contribution in [3.63, 3.8) is 0 Å². The van der Waals surface area contributed by atoms with Gasteiger partial charge in [-0.25, -0.2) is 8.42 Å². The number of carbonyl (C=O) groups excluding carboxylic acids is 1. The molecule has 0 saturated heterocycles. The van der Waals surface area contributed by atoms with Crippen LogP contribution in [0.4, 0.5) is 0 Å². The Bertz CT molecular complexity index is 987. The molecular weight excluding hydrogens is 392 g/mol. The smallest absolute Gasteiger partial charge is 0.253 e. The van der Waals surface area contributed by atoms with E-state index < -0.39 is 10.0 Å². The number of nitrogens with zero attached hydrogens (tertiary/aromatic N) is 2. The molecule has 0 saturated carbocycles. The predicted molar refractivity (Wildman–Crippen MR) is 110 cm³/mol. The number of hydrogen-bond donors (Lipinski definition) is 0. The summed E-state index contributed by atoms with van der Waals surface area (Å²) in [5, 5.41) is 0. The quantitative estimate of drug-likeness (QED) is 0.721. The van der Waals surface area contributed by atoms with E-state index in [4.69, 9.17) is 9.47 Å². The Morgan fingerprint density at radius 2 is 1.62 bits per heavy atom. The minimum absolute atomic E-state index is 0.154. The molecule has 0 radical (unpaired) electrons. The molecule has 0 aliphatic carbocycles. The van der Waals surface area contributed by atoms with E-state index in [1.54, 1.807) is 31.1 Å². The van der Waals surface area contributed by atoms with Crippen molar-refractivity contribution >= 4 is 15.9 Å². The Hall–Kier alpha value is -2.58. The van der Waals surface area contributed by atoms with Crippen LogP contribution in [0, 0.1) is 0 Å². The average molecular weight is 419 g/mol. The molecule has 0 unspecified atom stereocenters. The van der Waals surface area contributed by atoms with E-state index in [-0.39, 0.29) is 16.8 Å². The molecule has 0 spiro atoms. The van der Waals surface area contributed by atoms with Gasteiger partial charge < -0.3 is 14.4 Å². The zero-order valence-corrected chi connectivity index (χ0v) is 17.9. The molecular formula is C21H26N2O5S. The fraction of sp³-hybridized carbons (Fsp3) is 0.381. The summed E-state index contributed by atoms with van der Waals surface area (Å²) in [6.45, 7) is 5.05. The van der Waals surface area contributed by atoms with Gasteiger partial charge in [0.25, 0.3) is 5.91 Å². The van der Waals surface area contributed by atoms with Gasteiger partial charge in [-0.2, -0.15) is 4.31 Å². The van der Waals surface area contributed by atoms with Gasteiger partial charge in [0.2, 0.25) is 10.0 Å². The highest BCUT2D eigenvalue weighted by Crippen LogP contribution is 2.31. The van der Waals surface area contributed by atoms with Crippen LogP contribution >= 0.6 is 0 Å². The summed E-state index contributed by atoms with van der Waals surface area (Å²) in [6, 6.07) is 11.5. The van der Waals surface area contributed by atoms with Crippen LogP contribution in [0.2, 0.25) is 0 Å². The maximum Gasteiger partial charge on any atom is 0.253 e. The van der Waals surface area contributed by atoms with Crippen LogP contribution in [0.15, 0.2) is 47.4 Å². The first kappa shape index (κ1) is 21.1. The van der Waals surface area contributed by atoms with E-state index in [1.165, 1.54) is 16.4 Å². The maximum absolute atomic E-state index is 12.8. The molecule has 0 fully saturated rings. The third kappa shape index (κ3) is 4.54. The first-order valence-electron chi connectivity index (χ1n) is 9.42. The van der Waals surface area contributed by atoms with Crippen molar-refractivity contribution in [1.82, 2.24) is 9.21 Å². The minimum Gasteiger partial charge on any atom is -0.486 e. The highest BCUT2D eigenvalue weighted by atomic mass is 32.2. The Kier molecular flexibility index (Phi) is 6.14. The van der Waals surface area contributed by atoms with Crippen LogP contribution in [0.5, 0.6) is 11.5 Å². The maximum atomic E-state index is 12.8. The Morgan fingerprint density at radius 1 is 1.00 bits per heavy atom. The van der Waals surface area contributed by atoms with E-state index >= 15 is 0 Å². The summed E-state index contributed by atoms with van der Waals surface area (Å²) >= 11 is 0. The Labute approximate surface area is 171 Å². The van der Waals surface area contributed by atoms with E-state index in [2.05, 4.69) is 0 Å². The number of rotatable bonds is 6. The van der Waals surface area contributed by atoms with Gasteiger partial charge in [-0.05, 0) is 55.8 Å². The lowest BCUT2D eigenvalue weighted by Gasteiger charge is -2.22. The summed E-state index contributed by atoms with van der Waals surface area (Å²) < 4.78 is 37.5. The molecule has 0 atom stereocenters. The number of sulfonamides is 1. The van der Waals surface area contributed by atoms with E-state index in [0.717, 1.165) is 5.56 Å². The fourth-order valence-corrected chi connectivity index (χ4v) is 4.33. The van der Waals surface area contributed by atoms with Gasteiger partial charge in [-0.3, -0.25) is 4.79 Å². The summed E-state index contributed by atoms with van der Waals surface area (Å²) in [7, 11) is -0.329. The second kappa shape index (κ2) is 8.42. The van der Waals surface area contributed by atoms with Crippen LogP contribution in [-0.4, -0.2) is 56.9 Å². The summed E-state index contributed by atoms with van der Waals surface area (Å²) in [5.41, 5.74) is 1.35. The monoisotopic (exact) mass is 418 g/mol. The molecule has 8 heteroatoms. The lowest BCUT2D eigenvalue weighted by atomic mass is 10.1. The zero-order valence-electron chi connectivity index (χ0n) is 17.1. The second-order valence-electron chi connectivity index (χ2n) is 7.28. The molecule has 156 valence electrons. The highest BCUT2D eigenvalue weighted by Gasteiger charge is 2.23. The topological polar surface area (TPSA) is 76.2 Å². The van der Waals surface area contributed by atoms with Crippen LogP contribution in [-0.2, 0) is 16.6 Å². The molecule has 2 aromatic rings. The summed E-state index contributed by atoms with van der Waals surface area (Å²) in [4.78, 5) is 14.5. The number of amides is 1. The average Bonchev–Trinajstić information content (AvgIpc) is 2.72. The van der Waals surface area contributed by atoms with Gasteiger partial charge in [-0.15, -0.1) is 0 Å². The lowest BCUT2D eigenvalue weighted by Crippen LogP contribution is -2.33. The first-order chi connectivity index (χ1) is 13.7. The molecule has 3 rings (SSSR count). The molecule has 29 heavy (non-hydrogen) atoms. The van der Waals surface area contributed by atoms with Gasteiger partial charge in [-0.1, -0.05) is 6.07 Å². The molecule has 1 heterocycles. The molecule has 0 aromatic heterocycles. The lowest BCUT2D eigenvalue weighted by molar-refractivity contribution is 0.0784. The van der Waals surface area contributed by atoms with Crippen molar-refractivity contribution < 1.29 is 22.7 Å². The molecule has 2 aromatic carbocycles. The third-order valence-corrected chi connectivity index (χ3v) is 6.93. The highest BCUT2D eigenvalue weighted by molar-refractivity contribution is 7.89. The molecule has 1 aliphatic heterocycles. The van der Waals surface area contributed by atoms with Crippen LogP contribution in [0.1, 0.15) is 29.8 Å². The minimum atomic E-state index is -3.58. The molecule has 0 N–H and O–H groups in total. The van der Waals surface area contributed by atoms with Gasteiger partial charge >= 0.3 is 0 Å². The first-order valence-corrected chi connectivity index (χ1v) is 10.9. The van der Waals surface area contributed by atoms with Crippen molar-refractivity contribution in [2.24, 2.45) is 0 Å². The largest absolute Gasteiger partial charge is 0.486 e. The summed E-state index contributed by atoms with van der Waals surface area (Å²) in [6.07, 6.45) is 0. The Morgan fingerprint density at radius 3 is 2.24 bits per heavy atom. The number of fused-ring (bicyclic) bond motifs is 1. The summed E-state index contributed by atoms with van der Waals surface area (Å²) in [5.74, 6) is 1.19. The number of carbonyl (C=O) groups is 1. The second-order valence-corrected chi connectivity index (χ2v) is 9.28. The van der Waals surface area contributed by atoms with Gasteiger partial charge in [0, 0.05) is 32.2 Å². The van der Waals surface area contributed by atoms with Crippen molar-refractivity contribution in [2.45, 2.75) is 31.3 Å². The van der Waals surface area contributed by atoms with E-state index in [0.29, 0.717) is 36.8 Å². The van der Waals surface area contributed by atoms with E-state index in [1.807, 2.05) is 32.0 Å².